The topological polar surface area (TPSA) is 38.3 Å². The molecule has 3 nitrogen and oxygen atoms in total. The van der Waals surface area contributed by atoms with Crippen molar-refractivity contribution in [1.29, 1.82) is 0 Å². The van der Waals surface area contributed by atoms with E-state index in [2.05, 4.69) is 39.1 Å². The van der Waals surface area contributed by atoms with Crippen LogP contribution in [-0.2, 0) is 4.79 Å². The van der Waals surface area contributed by atoms with Crippen molar-refractivity contribution in [2.24, 2.45) is 17.3 Å². The Morgan fingerprint density at radius 1 is 1.30 bits per heavy atom. The largest absolute Gasteiger partial charge is 0.494 e. The van der Waals surface area contributed by atoms with Crippen LogP contribution in [-0.4, -0.2) is 12.5 Å². The third kappa shape index (κ3) is 3.95. The standard InChI is InChI=1S/C20H29NO2/c1-7-23-16-10-8-15(9-11-16)14(4)21-19(22)18-17(12-13(2)3)20(18,5)6/h8-12,14,17-18H,7H2,1-6H3,(H,21,22). The molecular weight excluding hydrogens is 286 g/mol. The molecule has 1 amide bonds. The van der Waals surface area contributed by atoms with Crippen LogP contribution in [0.1, 0.15) is 53.1 Å². The van der Waals surface area contributed by atoms with Gasteiger partial charge in [-0.05, 0) is 56.7 Å². The van der Waals surface area contributed by atoms with Crippen molar-refractivity contribution in [3.8, 4) is 5.75 Å². The van der Waals surface area contributed by atoms with Crippen molar-refractivity contribution in [3.05, 3.63) is 41.5 Å². The Balaban J connectivity index is 1.99. The smallest absolute Gasteiger partial charge is 0.224 e. The predicted octanol–water partition coefficient (Wildman–Crippen LogP) is 4.50. The molecule has 1 aliphatic carbocycles. The highest BCUT2D eigenvalue weighted by atomic mass is 16.5. The van der Waals surface area contributed by atoms with E-state index >= 15 is 0 Å². The van der Waals surface area contributed by atoms with Gasteiger partial charge < -0.3 is 10.1 Å². The maximum atomic E-state index is 12.6. The first-order valence-electron chi connectivity index (χ1n) is 8.45. The van der Waals surface area contributed by atoms with Gasteiger partial charge >= 0.3 is 0 Å². The van der Waals surface area contributed by atoms with Crippen LogP contribution in [0.4, 0.5) is 0 Å². The molecule has 0 bridgehead atoms. The summed E-state index contributed by atoms with van der Waals surface area (Å²) in [5.41, 5.74) is 2.43. The zero-order chi connectivity index (χ0) is 17.2. The van der Waals surface area contributed by atoms with E-state index < -0.39 is 0 Å². The molecular formula is C20H29NO2. The average molecular weight is 315 g/mol. The first kappa shape index (κ1) is 17.6. The Morgan fingerprint density at radius 3 is 2.43 bits per heavy atom. The van der Waals surface area contributed by atoms with Crippen LogP contribution in [0.25, 0.3) is 0 Å². The number of carbonyl (C=O) groups is 1. The minimum Gasteiger partial charge on any atom is -0.494 e. The van der Waals surface area contributed by atoms with Crippen molar-refractivity contribution in [1.82, 2.24) is 5.32 Å². The van der Waals surface area contributed by atoms with Crippen molar-refractivity contribution < 1.29 is 9.53 Å². The maximum Gasteiger partial charge on any atom is 0.224 e. The van der Waals surface area contributed by atoms with Crippen LogP contribution < -0.4 is 10.1 Å². The van der Waals surface area contributed by atoms with E-state index in [1.807, 2.05) is 38.1 Å². The highest BCUT2D eigenvalue weighted by molar-refractivity contribution is 5.84. The van der Waals surface area contributed by atoms with Crippen LogP contribution in [0, 0.1) is 17.3 Å². The molecule has 3 unspecified atom stereocenters. The average Bonchev–Trinajstić information content (AvgIpc) is 3.00. The van der Waals surface area contributed by atoms with Gasteiger partial charge in [-0.1, -0.05) is 37.6 Å². The number of hydrogen-bond donors (Lipinski definition) is 1. The second-order valence-corrected chi connectivity index (χ2v) is 7.30. The lowest BCUT2D eigenvalue weighted by Crippen LogP contribution is -2.29. The molecule has 1 aromatic carbocycles. The third-order valence-electron chi connectivity index (χ3n) is 4.76. The van der Waals surface area contributed by atoms with E-state index in [0.717, 1.165) is 11.3 Å². The highest BCUT2D eigenvalue weighted by Crippen LogP contribution is 2.59. The lowest BCUT2D eigenvalue weighted by atomic mass is 10.1. The Labute approximate surface area is 140 Å². The Morgan fingerprint density at radius 2 is 1.91 bits per heavy atom. The lowest BCUT2D eigenvalue weighted by Gasteiger charge is -2.15. The molecule has 2 rings (SSSR count). The SMILES string of the molecule is CCOc1ccc(C(C)NC(=O)C2C(C=C(C)C)C2(C)C)cc1. The fourth-order valence-electron chi connectivity index (χ4n) is 3.25. The molecule has 1 aromatic rings. The molecule has 126 valence electrons. The molecule has 1 fully saturated rings. The number of ether oxygens (including phenoxy) is 1. The van der Waals surface area contributed by atoms with Crippen LogP contribution in [0.15, 0.2) is 35.9 Å². The van der Waals surface area contributed by atoms with Gasteiger partial charge in [-0.25, -0.2) is 0 Å². The summed E-state index contributed by atoms with van der Waals surface area (Å²) >= 11 is 0. The van der Waals surface area contributed by atoms with Gasteiger partial charge in [0.25, 0.3) is 0 Å². The molecule has 0 radical (unpaired) electrons. The minimum atomic E-state index is 0.00179. The third-order valence-corrected chi connectivity index (χ3v) is 4.76. The molecule has 1 aliphatic rings. The van der Waals surface area contributed by atoms with Crippen LogP contribution in [0.3, 0.4) is 0 Å². The van der Waals surface area contributed by atoms with Crippen molar-refractivity contribution in [3.63, 3.8) is 0 Å². The first-order valence-corrected chi connectivity index (χ1v) is 8.45. The second kappa shape index (κ2) is 6.77. The zero-order valence-electron chi connectivity index (χ0n) is 15.1. The molecule has 0 saturated heterocycles. The second-order valence-electron chi connectivity index (χ2n) is 7.30. The van der Waals surface area contributed by atoms with E-state index in [9.17, 15) is 4.79 Å². The van der Waals surface area contributed by atoms with Crippen LogP contribution in [0.5, 0.6) is 5.75 Å². The van der Waals surface area contributed by atoms with Crippen LogP contribution >= 0.6 is 0 Å². The first-order chi connectivity index (χ1) is 10.8. The number of rotatable bonds is 6. The summed E-state index contributed by atoms with van der Waals surface area (Å²) in [5.74, 6) is 1.43. The van der Waals surface area contributed by atoms with Crippen LogP contribution in [0.2, 0.25) is 0 Å². The highest BCUT2D eigenvalue weighted by Gasteiger charge is 2.60. The Hall–Kier alpha value is -1.77. The summed E-state index contributed by atoms with van der Waals surface area (Å²) < 4.78 is 5.45. The Kier molecular flexibility index (Phi) is 5.18. The van der Waals surface area contributed by atoms with E-state index in [-0.39, 0.29) is 23.3 Å². The monoisotopic (exact) mass is 315 g/mol. The molecule has 0 heterocycles. The van der Waals surface area contributed by atoms with E-state index in [1.165, 1.54) is 5.57 Å². The summed E-state index contributed by atoms with van der Waals surface area (Å²) in [6, 6.07) is 7.94. The molecule has 1 N–H and O–H groups in total. The Bertz CT molecular complexity index is 582. The summed E-state index contributed by atoms with van der Waals surface area (Å²) in [5, 5.41) is 3.16. The van der Waals surface area contributed by atoms with Gasteiger partial charge in [-0.2, -0.15) is 0 Å². The van der Waals surface area contributed by atoms with Gasteiger partial charge in [-0.3, -0.25) is 4.79 Å². The van der Waals surface area contributed by atoms with E-state index in [1.54, 1.807) is 0 Å². The number of benzene rings is 1. The summed E-state index contributed by atoms with van der Waals surface area (Å²) in [6.45, 7) is 13.2. The summed E-state index contributed by atoms with van der Waals surface area (Å²) in [6.07, 6.45) is 2.23. The zero-order valence-corrected chi connectivity index (χ0v) is 15.1. The number of carbonyl (C=O) groups excluding carboxylic acids is 1. The molecule has 0 aliphatic heterocycles. The fourth-order valence-corrected chi connectivity index (χ4v) is 3.25. The van der Waals surface area contributed by atoms with Crippen molar-refractivity contribution in [2.75, 3.05) is 6.61 Å². The van der Waals surface area contributed by atoms with Crippen molar-refractivity contribution in [2.45, 2.75) is 47.6 Å². The summed E-state index contributed by atoms with van der Waals surface area (Å²) in [7, 11) is 0. The predicted molar refractivity (Wildman–Crippen MR) is 94.4 cm³/mol. The number of nitrogens with one attached hydrogen (secondary N) is 1. The molecule has 1 saturated carbocycles. The van der Waals surface area contributed by atoms with E-state index in [0.29, 0.717) is 12.5 Å². The number of hydrogen-bond acceptors (Lipinski definition) is 2. The molecule has 0 spiro atoms. The van der Waals surface area contributed by atoms with Crippen molar-refractivity contribution >= 4 is 5.91 Å². The number of amides is 1. The quantitative estimate of drug-likeness (QED) is 0.785. The molecule has 0 aromatic heterocycles. The van der Waals surface area contributed by atoms with Gasteiger partial charge in [0, 0.05) is 0 Å². The lowest BCUT2D eigenvalue weighted by molar-refractivity contribution is -0.123. The minimum absolute atomic E-state index is 0.00179. The fraction of sp³-hybridized carbons (Fsp3) is 0.550. The number of allylic oxidation sites excluding steroid dienone is 2. The van der Waals surface area contributed by atoms with E-state index in [4.69, 9.17) is 4.74 Å². The van der Waals surface area contributed by atoms with Gasteiger partial charge in [0.2, 0.25) is 5.91 Å². The molecule has 3 heteroatoms. The van der Waals surface area contributed by atoms with Gasteiger partial charge in [0.1, 0.15) is 5.75 Å². The van der Waals surface area contributed by atoms with Gasteiger partial charge in [-0.15, -0.1) is 0 Å². The normalized spacial score (nSPS) is 22.9. The molecule has 3 atom stereocenters. The summed E-state index contributed by atoms with van der Waals surface area (Å²) in [4.78, 5) is 12.6. The maximum absolute atomic E-state index is 12.6. The molecule has 23 heavy (non-hydrogen) atoms. The van der Waals surface area contributed by atoms with Gasteiger partial charge in [0.05, 0.1) is 18.6 Å². The van der Waals surface area contributed by atoms with Gasteiger partial charge in [0.15, 0.2) is 0 Å².